The zero-order valence-corrected chi connectivity index (χ0v) is 14.2. The van der Waals surface area contributed by atoms with E-state index in [0.29, 0.717) is 13.0 Å². The zero-order chi connectivity index (χ0) is 16.9. The van der Waals surface area contributed by atoms with Crippen LogP contribution in [0, 0.1) is 5.92 Å². The summed E-state index contributed by atoms with van der Waals surface area (Å²) in [5.41, 5.74) is 1.03. The molecule has 0 saturated heterocycles. The number of ether oxygens (including phenoxy) is 2. The smallest absolute Gasteiger partial charge is 0.307 e. The van der Waals surface area contributed by atoms with Gasteiger partial charge < -0.3 is 14.8 Å². The van der Waals surface area contributed by atoms with Crippen LogP contribution in [-0.2, 0) is 20.7 Å². The SMILES string of the molecule is COC(=O)CC(NC(=O)C1COc2ccccc2C1)c1cccs1. The summed E-state index contributed by atoms with van der Waals surface area (Å²) >= 11 is 1.51. The third-order valence-corrected chi connectivity index (χ3v) is 5.04. The molecular formula is C18H19NO4S. The number of hydrogen-bond donors (Lipinski definition) is 1. The molecule has 0 aliphatic carbocycles. The molecule has 2 heterocycles. The molecule has 3 rings (SSSR count). The fourth-order valence-corrected chi connectivity index (χ4v) is 3.53. The fraction of sp³-hybridized carbons (Fsp3) is 0.333. The number of rotatable bonds is 5. The van der Waals surface area contributed by atoms with Crippen LogP contribution in [0.1, 0.15) is 22.9 Å². The summed E-state index contributed by atoms with van der Waals surface area (Å²) in [6, 6.07) is 11.2. The van der Waals surface area contributed by atoms with Crippen molar-refractivity contribution >= 4 is 23.2 Å². The Morgan fingerprint density at radius 3 is 2.92 bits per heavy atom. The van der Waals surface area contributed by atoms with E-state index < -0.39 is 0 Å². The number of hydrogen-bond acceptors (Lipinski definition) is 5. The van der Waals surface area contributed by atoms with Crippen molar-refractivity contribution in [3.63, 3.8) is 0 Å². The molecule has 126 valence electrons. The van der Waals surface area contributed by atoms with Crippen molar-refractivity contribution in [2.45, 2.75) is 18.9 Å². The van der Waals surface area contributed by atoms with Crippen molar-refractivity contribution in [1.29, 1.82) is 0 Å². The number of carbonyl (C=O) groups excluding carboxylic acids is 2. The molecular weight excluding hydrogens is 326 g/mol. The van der Waals surface area contributed by atoms with E-state index in [-0.39, 0.29) is 30.3 Å². The molecule has 5 nitrogen and oxygen atoms in total. The number of esters is 1. The van der Waals surface area contributed by atoms with Gasteiger partial charge in [-0.25, -0.2) is 0 Å². The second kappa shape index (κ2) is 7.49. The van der Waals surface area contributed by atoms with E-state index in [0.717, 1.165) is 16.2 Å². The second-order valence-corrected chi connectivity index (χ2v) is 6.66. The highest BCUT2D eigenvalue weighted by Gasteiger charge is 2.28. The average Bonchev–Trinajstić information content (AvgIpc) is 3.15. The second-order valence-electron chi connectivity index (χ2n) is 5.68. The average molecular weight is 345 g/mol. The lowest BCUT2D eigenvalue weighted by molar-refractivity contribution is -0.141. The number of nitrogens with one attached hydrogen (secondary N) is 1. The molecule has 1 aliphatic rings. The minimum absolute atomic E-state index is 0.105. The molecule has 0 saturated carbocycles. The minimum Gasteiger partial charge on any atom is -0.492 e. The molecule has 2 atom stereocenters. The Morgan fingerprint density at radius 2 is 2.17 bits per heavy atom. The molecule has 1 aromatic carbocycles. The maximum Gasteiger partial charge on any atom is 0.307 e. The van der Waals surface area contributed by atoms with E-state index in [9.17, 15) is 9.59 Å². The van der Waals surface area contributed by atoms with Crippen LogP contribution < -0.4 is 10.1 Å². The molecule has 1 N–H and O–H groups in total. The normalized spacial score (nSPS) is 17.3. The van der Waals surface area contributed by atoms with Crippen LogP contribution in [0.25, 0.3) is 0 Å². The van der Waals surface area contributed by atoms with Gasteiger partial charge in [-0.05, 0) is 29.5 Å². The molecule has 6 heteroatoms. The van der Waals surface area contributed by atoms with E-state index in [2.05, 4.69) is 5.32 Å². The Morgan fingerprint density at radius 1 is 1.33 bits per heavy atom. The first kappa shape index (κ1) is 16.5. The Bertz CT molecular complexity index is 714. The van der Waals surface area contributed by atoms with Gasteiger partial charge in [0.05, 0.1) is 25.5 Å². The molecule has 2 unspecified atom stereocenters. The summed E-state index contributed by atoms with van der Waals surface area (Å²) in [7, 11) is 1.35. The molecule has 24 heavy (non-hydrogen) atoms. The van der Waals surface area contributed by atoms with Gasteiger partial charge in [-0.15, -0.1) is 11.3 Å². The van der Waals surface area contributed by atoms with Crippen molar-refractivity contribution in [3.05, 3.63) is 52.2 Å². The van der Waals surface area contributed by atoms with Crippen LogP contribution in [0.4, 0.5) is 0 Å². The van der Waals surface area contributed by atoms with Crippen molar-refractivity contribution in [1.82, 2.24) is 5.32 Å². The Balaban J connectivity index is 1.69. The molecule has 0 spiro atoms. The van der Waals surface area contributed by atoms with E-state index in [1.54, 1.807) is 0 Å². The van der Waals surface area contributed by atoms with Crippen LogP contribution in [0.2, 0.25) is 0 Å². The van der Waals surface area contributed by atoms with Gasteiger partial charge in [-0.3, -0.25) is 9.59 Å². The van der Waals surface area contributed by atoms with Crippen molar-refractivity contribution < 1.29 is 19.1 Å². The lowest BCUT2D eigenvalue weighted by Crippen LogP contribution is -2.39. The predicted molar refractivity (Wildman–Crippen MR) is 91.0 cm³/mol. The quantitative estimate of drug-likeness (QED) is 0.846. The molecule has 0 bridgehead atoms. The van der Waals surface area contributed by atoms with Crippen LogP contribution in [0.3, 0.4) is 0 Å². The first-order valence-corrected chi connectivity index (χ1v) is 8.66. The summed E-state index contributed by atoms with van der Waals surface area (Å²) in [6.07, 6.45) is 0.754. The van der Waals surface area contributed by atoms with Crippen LogP contribution in [-0.4, -0.2) is 25.6 Å². The van der Waals surface area contributed by atoms with E-state index in [1.807, 2.05) is 41.8 Å². The van der Waals surface area contributed by atoms with Gasteiger partial charge in [-0.1, -0.05) is 24.3 Å². The van der Waals surface area contributed by atoms with Gasteiger partial charge in [0.15, 0.2) is 0 Å². The zero-order valence-electron chi connectivity index (χ0n) is 13.4. The maximum absolute atomic E-state index is 12.6. The summed E-state index contributed by atoms with van der Waals surface area (Å²) in [5.74, 6) is 0.122. The Hall–Kier alpha value is -2.34. The minimum atomic E-state index is -0.373. The largest absolute Gasteiger partial charge is 0.492 e. The number of fused-ring (bicyclic) bond motifs is 1. The highest BCUT2D eigenvalue weighted by atomic mass is 32.1. The molecule has 2 aromatic rings. The standard InChI is InChI=1S/C18H19NO4S/c1-22-17(20)10-14(16-7-4-8-24-16)19-18(21)13-9-12-5-2-3-6-15(12)23-11-13/h2-8,13-14H,9-11H2,1H3,(H,19,21). The van der Waals surface area contributed by atoms with Gasteiger partial charge in [0.25, 0.3) is 0 Å². The summed E-state index contributed by atoms with van der Waals surface area (Å²) in [5, 5.41) is 4.90. The highest BCUT2D eigenvalue weighted by molar-refractivity contribution is 7.10. The van der Waals surface area contributed by atoms with Crippen LogP contribution in [0.5, 0.6) is 5.75 Å². The fourth-order valence-electron chi connectivity index (χ4n) is 2.75. The van der Waals surface area contributed by atoms with E-state index >= 15 is 0 Å². The molecule has 1 aliphatic heterocycles. The van der Waals surface area contributed by atoms with Gasteiger partial charge in [0, 0.05) is 4.88 Å². The van der Waals surface area contributed by atoms with Gasteiger partial charge in [0.2, 0.25) is 5.91 Å². The van der Waals surface area contributed by atoms with Crippen LogP contribution >= 0.6 is 11.3 Å². The summed E-state index contributed by atoms with van der Waals surface area (Å²) in [6.45, 7) is 0.345. The van der Waals surface area contributed by atoms with Gasteiger partial charge in [-0.2, -0.15) is 0 Å². The number of carbonyl (C=O) groups is 2. The molecule has 0 radical (unpaired) electrons. The summed E-state index contributed by atoms with van der Waals surface area (Å²) in [4.78, 5) is 25.2. The number of amides is 1. The topological polar surface area (TPSA) is 64.6 Å². The monoisotopic (exact) mass is 345 g/mol. The lowest BCUT2D eigenvalue weighted by atomic mass is 9.95. The predicted octanol–water partition coefficient (Wildman–Crippen LogP) is 2.72. The van der Waals surface area contributed by atoms with E-state index in [4.69, 9.17) is 9.47 Å². The third-order valence-electron chi connectivity index (χ3n) is 4.05. The lowest BCUT2D eigenvalue weighted by Gasteiger charge is -2.26. The maximum atomic E-state index is 12.6. The van der Waals surface area contributed by atoms with Gasteiger partial charge >= 0.3 is 5.97 Å². The van der Waals surface area contributed by atoms with Crippen molar-refractivity contribution in [2.75, 3.05) is 13.7 Å². The van der Waals surface area contributed by atoms with Gasteiger partial charge in [0.1, 0.15) is 12.4 Å². The first-order chi connectivity index (χ1) is 11.7. The third kappa shape index (κ3) is 3.76. The number of thiophene rings is 1. The highest BCUT2D eigenvalue weighted by Crippen LogP contribution is 2.28. The Labute approximate surface area is 144 Å². The van der Waals surface area contributed by atoms with Crippen molar-refractivity contribution in [2.24, 2.45) is 5.92 Å². The Kier molecular flexibility index (Phi) is 5.15. The van der Waals surface area contributed by atoms with E-state index in [1.165, 1.54) is 18.4 Å². The molecule has 1 amide bonds. The molecule has 0 fully saturated rings. The summed E-state index contributed by atoms with van der Waals surface area (Å²) < 4.78 is 10.4. The number of para-hydroxylation sites is 1. The van der Waals surface area contributed by atoms with Crippen molar-refractivity contribution in [3.8, 4) is 5.75 Å². The first-order valence-electron chi connectivity index (χ1n) is 7.78. The number of methoxy groups -OCH3 is 1. The number of benzene rings is 1. The molecule has 1 aromatic heterocycles. The van der Waals surface area contributed by atoms with Crippen LogP contribution in [0.15, 0.2) is 41.8 Å².